The van der Waals surface area contributed by atoms with E-state index < -0.39 is 5.79 Å². The normalized spacial score (nSPS) is 23.3. The zero-order chi connectivity index (χ0) is 17.3. The third-order valence-electron chi connectivity index (χ3n) is 4.79. The summed E-state index contributed by atoms with van der Waals surface area (Å²) in [4.78, 5) is 15.7. The number of H-pyrrole nitrogens is 1. The average molecular weight is 413 g/mol. The summed E-state index contributed by atoms with van der Waals surface area (Å²) < 4.78 is 11.4. The number of carbonyl (C=O) groups is 1. The van der Waals surface area contributed by atoms with Gasteiger partial charge in [-0.15, -0.1) is 0 Å². The first-order valence-corrected chi connectivity index (χ1v) is 9.69. The van der Waals surface area contributed by atoms with Crippen molar-refractivity contribution in [3.63, 3.8) is 0 Å². The third kappa shape index (κ3) is 3.50. The van der Waals surface area contributed by atoms with Crippen LogP contribution < -0.4 is 5.32 Å². The van der Waals surface area contributed by atoms with Gasteiger partial charge in [0.1, 0.15) is 0 Å². The van der Waals surface area contributed by atoms with Gasteiger partial charge in [-0.3, -0.25) is 0 Å². The summed E-state index contributed by atoms with van der Waals surface area (Å²) in [5, 5.41) is 4.74. The Balaban J connectivity index is 1.70. The number of halogens is 1. The Kier molecular flexibility index (Phi) is 5.26. The van der Waals surface area contributed by atoms with Crippen LogP contribution in [0, 0.1) is 0 Å². The van der Waals surface area contributed by atoms with E-state index in [1.807, 2.05) is 24.3 Å². The summed E-state index contributed by atoms with van der Waals surface area (Å²) >= 11 is 7.60. The zero-order valence-corrected chi connectivity index (χ0v) is 16.9. The van der Waals surface area contributed by atoms with E-state index in [0.29, 0.717) is 15.4 Å². The maximum absolute atomic E-state index is 12.6. The van der Waals surface area contributed by atoms with Crippen LogP contribution in [-0.2, 0) is 9.47 Å². The van der Waals surface area contributed by atoms with Crippen molar-refractivity contribution < 1.29 is 14.3 Å². The number of hydrogen-bond acceptors (Lipinski definition) is 3. The molecule has 1 saturated carbocycles. The molecule has 1 unspecified atom stereocenters. The molecule has 24 heavy (non-hydrogen) atoms. The molecule has 1 heterocycles. The maximum atomic E-state index is 12.6. The van der Waals surface area contributed by atoms with Crippen molar-refractivity contribution in [2.75, 3.05) is 14.2 Å². The number of amides is 1. The summed E-state index contributed by atoms with van der Waals surface area (Å²) in [5.41, 5.74) is 1.46. The molecule has 1 fully saturated rings. The first kappa shape index (κ1) is 17.8. The number of hydrogen-bond donors (Lipinski definition) is 2. The van der Waals surface area contributed by atoms with E-state index in [1.165, 1.54) is 0 Å². The Bertz CT molecular complexity index is 745. The van der Waals surface area contributed by atoms with E-state index in [0.717, 1.165) is 30.2 Å². The quantitative estimate of drug-likeness (QED) is 0.599. The van der Waals surface area contributed by atoms with E-state index in [2.05, 4.69) is 10.3 Å². The number of ether oxygens (including phenoxy) is 2. The minimum absolute atomic E-state index is 0.0858. The number of carbonyl (C=O) groups excluding carboxylic acids is 1. The number of fused-ring (bicyclic) bond motifs is 1. The van der Waals surface area contributed by atoms with Gasteiger partial charge in [0.15, 0.2) is 0 Å². The number of rotatable bonds is 4. The monoisotopic (exact) mass is 412 g/mol. The van der Waals surface area contributed by atoms with Crippen LogP contribution in [-0.4, -0.2) is 53.8 Å². The van der Waals surface area contributed by atoms with Crippen LogP contribution in [0.1, 0.15) is 29.8 Å². The van der Waals surface area contributed by atoms with Gasteiger partial charge in [0, 0.05) is 0 Å². The van der Waals surface area contributed by atoms with Gasteiger partial charge in [-0.2, -0.15) is 0 Å². The molecule has 1 aromatic carbocycles. The molecule has 5 nitrogen and oxygen atoms in total. The standard InChI is InChI=1S/C17H22AsClN2O3/c1-23-17(24-2)6-5-14(12(18)9-17)21-16(22)15-8-10-7-11(19)3-4-13(10)20-15/h3-4,7-8,12,14,20H,5-6,9,18H2,1-2H3,(H,21,22)/t12-,14+/m0/s1. The van der Waals surface area contributed by atoms with Gasteiger partial charge in [0.05, 0.1) is 0 Å². The van der Waals surface area contributed by atoms with Gasteiger partial charge in [0.2, 0.25) is 0 Å². The number of nitrogens with one attached hydrogen (secondary N) is 2. The molecule has 2 N–H and O–H groups in total. The number of benzene rings is 1. The molecular formula is C17H22AsClN2O3. The van der Waals surface area contributed by atoms with Crippen LogP contribution in [0.15, 0.2) is 24.3 Å². The van der Waals surface area contributed by atoms with Crippen molar-refractivity contribution in [3.05, 3.63) is 35.0 Å². The molecule has 7 heteroatoms. The summed E-state index contributed by atoms with van der Waals surface area (Å²) in [6, 6.07) is 7.51. The molecule has 2 aromatic rings. The summed E-state index contributed by atoms with van der Waals surface area (Å²) in [6.07, 6.45) is 2.39. The summed E-state index contributed by atoms with van der Waals surface area (Å²) in [7, 11) is 3.36. The Morgan fingerprint density at radius 1 is 1.38 bits per heavy atom. The van der Waals surface area contributed by atoms with Crippen molar-refractivity contribution in [2.45, 2.75) is 35.8 Å². The molecule has 1 aliphatic rings. The van der Waals surface area contributed by atoms with E-state index in [1.54, 1.807) is 31.1 Å². The van der Waals surface area contributed by atoms with Crippen LogP contribution in [0.5, 0.6) is 0 Å². The van der Waals surface area contributed by atoms with E-state index >= 15 is 0 Å². The van der Waals surface area contributed by atoms with Crippen LogP contribution in [0.3, 0.4) is 0 Å². The van der Waals surface area contributed by atoms with Crippen molar-refractivity contribution >= 4 is 45.3 Å². The Labute approximate surface area is 154 Å². The topological polar surface area (TPSA) is 63.4 Å². The Morgan fingerprint density at radius 3 is 2.79 bits per heavy atom. The second-order valence-electron chi connectivity index (χ2n) is 6.22. The van der Waals surface area contributed by atoms with Gasteiger partial charge in [0.25, 0.3) is 0 Å². The van der Waals surface area contributed by atoms with Crippen LogP contribution in [0.2, 0.25) is 9.73 Å². The van der Waals surface area contributed by atoms with Gasteiger partial charge in [-0.05, 0) is 0 Å². The van der Waals surface area contributed by atoms with E-state index in [4.69, 9.17) is 21.1 Å². The summed E-state index contributed by atoms with van der Waals surface area (Å²) in [5.74, 6) is -0.599. The Hall–Kier alpha value is -1.00. The van der Waals surface area contributed by atoms with Crippen LogP contribution in [0.25, 0.3) is 10.9 Å². The SMILES string of the molecule is COC1(OC)CC[C@@H](NC(=O)c2cc3cc(Cl)ccc3[nH]2)[C@@H]([AsH2])C1. The van der Waals surface area contributed by atoms with Crippen molar-refractivity contribution in [3.8, 4) is 0 Å². The molecule has 3 rings (SSSR count). The second kappa shape index (κ2) is 7.09. The zero-order valence-electron chi connectivity index (χ0n) is 13.8. The fourth-order valence-electron chi connectivity index (χ4n) is 3.30. The second-order valence-corrected chi connectivity index (χ2v) is 8.45. The molecule has 1 aromatic heterocycles. The van der Waals surface area contributed by atoms with Crippen molar-refractivity contribution in [1.82, 2.24) is 10.3 Å². The molecule has 130 valence electrons. The van der Waals surface area contributed by atoms with Crippen molar-refractivity contribution in [1.29, 1.82) is 0 Å². The number of aromatic amines is 1. The number of aromatic nitrogens is 1. The molecule has 0 bridgehead atoms. The van der Waals surface area contributed by atoms with Gasteiger partial charge in [-0.1, -0.05) is 0 Å². The molecule has 1 aliphatic carbocycles. The van der Waals surface area contributed by atoms with Crippen LogP contribution in [0.4, 0.5) is 0 Å². The molecule has 0 saturated heterocycles. The fourth-order valence-corrected chi connectivity index (χ4v) is 4.84. The first-order valence-electron chi connectivity index (χ1n) is 7.91. The molecule has 0 spiro atoms. The minimum atomic E-state index is -0.514. The summed E-state index contributed by atoms with van der Waals surface area (Å²) in [6.45, 7) is 0. The van der Waals surface area contributed by atoms with Gasteiger partial charge < -0.3 is 0 Å². The molecule has 3 atom stereocenters. The fraction of sp³-hybridized carbons (Fsp3) is 0.471. The number of methoxy groups -OCH3 is 2. The van der Waals surface area contributed by atoms with E-state index in [-0.39, 0.29) is 11.9 Å². The first-order chi connectivity index (χ1) is 11.5. The third-order valence-corrected chi connectivity index (χ3v) is 6.49. The van der Waals surface area contributed by atoms with Gasteiger partial charge >= 0.3 is 155 Å². The molecule has 1 amide bonds. The van der Waals surface area contributed by atoms with Crippen molar-refractivity contribution in [2.24, 2.45) is 0 Å². The molecule has 0 aliphatic heterocycles. The molecule has 0 radical (unpaired) electrons. The predicted molar refractivity (Wildman–Crippen MR) is 97.5 cm³/mol. The van der Waals surface area contributed by atoms with E-state index in [9.17, 15) is 4.79 Å². The average Bonchev–Trinajstić information content (AvgIpc) is 3.00. The van der Waals surface area contributed by atoms with Gasteiger partial charge in [-0.25, -0.2) is 0 Å². The predicted octanol–water partition coefficient (Wildman–Crippen LogP) is 2.51. The molecular weight excluding hydrogens is 391 g/mol. The Morgan fingerprint density at radius 2 is 2.12 bits per heavy atom. The van der Waals surface area contributed by atoms with Crippen LogP contribution >= 0.6 is 11.6 Å².